The molecule has 1 unspecified atom stereocenters. The molecule has 2 N–H and O–H groups in total. The third kappa shape index (κ3) is 4.42. The molecule has 0 saturated heterocycles. The molecule has 7 heteroatoms. The molecule has 2 heterocycles. The maximum atomic E-state index is 12.5. The Bertz CT molecular complexity index is 867. The molecule has 2 aromatic heterocycles. The molecule has 0 fully saturated rings. The number of thioether (sulfide) groups is 1. The summed E-state index contributed by atoms with van der Waals surface area (Å²) in [7, 11) is 1.78. The highest BCUT2D eigenvalue weighted by molar-refractivity contribution is 7.98. The zero-order valence-corrected chi connectivity index (χ0v) is 16.2. The molecular formula is C19H20N4OS2. The van der Waals surface area contributed by atoms with Gasteiger partial charge in [0.15, 0.2) is 0 Å². The van der Waals surface area contributed by atoms with E-state index in [9.17, 15) is 4.79 Å². The molecule has 1 atom stereocenters. The van der Waals surface area contributed by atoms with Crippen molar-refractivity contribution in [1.82, 2.24) is 15.3 Å². The van der Waals surface area contributed by atoms with Crippen molar-refractivity contribution in [3.8, 4) is 10.6 Å². The first-order chi connectivity index (χ1) is 12.7. The molecule has 3 aromatic rings. The molecule has 0 spiro atoms. The second-order valence-electron chi connectivity index (χ2n) is 5.52. The summed E-state index contributed by atoms with van der Waals surface area (Å²) < 4.78 is 0. The number of carbonyl (C=O) groups is 1. The monoisotopic (exact) mass is 384 g/mol. The highest BCUT2D eigenvalue weighted by Crippen LogP contribution is 2.28. The van der Waals surface area contributed by atoms with Crippen molar-refractivity contribution in [2.24, 2.45) is 0 Å². The van der Waals surface area contributed by atoms with Gasteiger partial charge >= 0.3 is 0 Å². The number of benzene rings is 1. The van der Waals surface area contributed by atoms with Gasteiger partial charge in [-0.2, -0.15) is 11.8 Å². The Morgan fingerprint density at radius 2 is 2.00 bits per heavy atom. The summed E-state index contributed by atoms with van der Waals surface area (Å²) in [5, 5.41) is 6.20. The van der Waals surface area contributed by atoms with Gasteiger partial charge in [-0.1, -0.05) is 30.3 Å². The van der Waals surface area contributed by atoms with Gasteiger partial charge < -0.3 is 10.6 Å². The number of hydrogen-bond donors (Lipinski definition) is 2. The number of anilines is 1. The number of nitrogens with zero attached hydrogens (tertiary/aromatic N) is 2. The lowest BCUT2D eigenvalue weighted by atomic mass is 10.1. The Morgan fingerprint density at radius 3 is 2.73 bits per heavy atom. The molecule has 26 heavy (non-hydrogen) atoms. The van der Waals surface area contributed by atoms with Crippen LogP contribution < -0.4 is 10.6 Å². The highest BCUT2D eigenvalue weighted by Gasteiger charge is 2.15. The minimum absolute atomic E-state index is 0.0564. The number of aromatic nitrogens is 2. The van der Waals surface area contributed by atoms with Gasteiger partial charge in [-0.3, -0.25) is 4.79 Å². The van der Waals surface area contributed by atoms with E-state index < -0.39 is 0 Å². The van der Waals surface area contributed by atoms with Crippen molar-refractivity contribution in [3.63, 3.8) is 0 Å². The van der Waals surface area contributed by atoms with Gasteiger partial charge in [-0.25, -0.2) is 9.97 Å². The van der Waals surface area contributed by atoms with Gasteiger partial charge in [0, 0.05) is 25.0 Å². The van der Waals surface area contributed by atoms with Crippen molar-refractivity contribution < 1.29 is 4.79 Å². The maximum absolute atomic E-state index is 12.5. The van der Waals surface area contributed by atoms with Crippen molar-refractivity contribution in [2.75, 3.05) is 25.2 Å². The van der Waals surface area contributed by atoms with Crippen LogP contribution in [0.15, 0.2) is 54.7 Å². The maximum Gasteiger partial charge on any atom is 0.261 e. The fourth-order valence-electron chi connectivity index (χ4n) is 2.49. The molecule has 134 valence electrons. The molecule has 0 aliphatic rings. The molecule has 0 bridgehead atoms. The number of rotatable bonds is 7. The topological polar surface area (TPSA) is 66.9 Å². The van der Waals surface area contributed by atoms with Crippen molar-refractivity contribution in [1.29, 1.82) is 0 Å². The predicted octanol–water partition coefficient (Wildman–Crippen LogP) is 4.08. The van der Waals surface area contributed by atoms with Crippen LogP contribution in [0, 0.1) is 0 Å². The van der Waals surface area contributed by atoms with Gasteiger partial charge in [0.2, 0.25) is 5.95 Å². The third-order valence-corrected chi connectivity index (χ3v) is 5.98. The summed E-state index contributed by atoms with van der Waals surface area (Å²) in [6, 6.07) is 15.8. The average Bonchev–Trinajstić information content (AvgIpc) is 3.19. The molecule has 1 aromatic carbocycles. The fraction of sp³-hybridized carbons (Fsp3) is 0.211. The highest BCUT2D eigenvalue weighted by atomic mass is 32.2. The van der Waals surface area contributed by atoms with E-state index in [0.29, 0.717) is 17.4 Å². The van der Waals surface area contributed by atoms with Gasteiger partial charge in [0.1, 0.15) is 0 Å². The Labute approximate surface area is 161 Å². The molecule has 0 aliphatic carbocycles. The zero-order valence-electron chi connectivity index (χ0n) is 14.6. The second kappa shape index (κ2) is 8.82. The summed E-state index contributed by atoms with van der Waals surface area (Å²) in [5.74, 6) is 0.506. The summed E-state index contributed by atoms with van der Waals surface area (Å²) in [6.07, 6.45) is 3.76. The Kier molecular flexibility index (Phi) is 6.25. The van der Waals surface area contributed by atoms with Crippen LogP contribution in [0.5, 0.6) is 0 Å². The van der Waals surface area contributed by atoms with Crippen LogP contribution >= 0.6 is 23.1 Å². The Morgan fingerprint density at radius 1 is 1.19 bits per heavy atom. The number of nitrogens with one attached hydrogen (secondary N) is 2. The van der Waals surface area contributed by atoms with Crippen LogP contribution in [0.25, 0.3) is 10.6 Å². The average molecular weight is 385 g/mol. The lowest BCUT2D eigenvalue weighted by Gasteiger charge is -2.15. The standard InChI is InChI=1S/C19H20N4OS2/c1-20-19-21-11-10-14(23-19)15-8-9-16(26-15)18(24)22-12-17(25-2)13-6-4-3-5-7-13/h3-11,17H,12H2,1-2H3,(H,22,24)(H,20,21,23). The van der Waals surface area contributed by atoms with E-state index in [0.717, 1.165) is 10.6 Å². The van der Waals surface area contributed by atoms with Gasteiger partial charge in [-0.15, -0.1) is 11.3 Å². The lowest BCUT2D eigenvalue weighted by Crippen LogP contribution is -2.26. The quantitative estimate of drug-likeness (QED) is 0.642. The van der Waals surface area contributed by atoms with E-state index >= 15 is 0 Å². The largest absolute Gasteiger partial charge is 0.357 e. The predicted molar refractivity (Wildman–Crippen MR) is 110 cm³/mol. The third-order valence-electron chi connectivity index (χ3n) is 3.87. The minimum Gasteiger partial charge on any atom is -0.357 e. The van der Waals surface area contributed by atoms with E-state index in [4.69, 9.17) is 0 Å². The van der Waals surface area contributed by atoms with E-state index in [2.05, 4.69) is 39.0 Å². The molecular weight excluding hydrogens is 364 g/mol. The van der Waals surface area contributed by atoms with Gasteiger partial charge in [-0.05, 0) is 30.0 Å². The zero-order chi connectivity index (χ0) is 18.4. The number of carbonyl (C=O) groups excluding carboxylic acids is 1. The molecule has 0 aliphatic heterocycles. The SMILES string of the molecule is CNc1nccc(-c2ccc(C(=O)NCC(SC)c3ccccc3)s2)n1. The van der Waals surface area contributed by atoms with Crippen LogP contribution in [-0.4, -0.2) is 35.7 Å². The van der Waals surface area contributed by atoms with Crippen LogP contribution in [-0.2, 0) is 0 Å². The lowest BCUT2D eigenvalue weighted by molar-refractivity contribution is 0.0958. The van der Waals surface area contributed by atoms with Crippen molar-refractivity contribution >= 4 is 35.0 Å². The van der Waals surface area contributed by atoms with Gasteiger partial charge in [0.05, 0.1) is 15.4 Å². The van der Waals surface area contributed by atoms with E-state index in [1.807, 2.05) is 36.4 Å². The first kappa shape index (κ1) is 18.4. The minimum atomic E-state index is -0.0564. The summed E-state index contributed by atoms with van der Waals surface area (Å²) >= 11 is 3.16. The Balaban J connectivity index is 1.66. The number of amides is 1. The van der Waals surface area contributed by atoms with Crippen molar-refractivity contribution in [3.05, 3.63) is 65.2 Å². The number of thiophene rings is 1. The number of hydrogen-bond acceptors (Lipinski definition) is 6. The van der Waals surface area contributed by atoms with Crippen LogP contribution in [0.1, 0.15) is 20.5 Å². The van der Waals surface area contributed by atoms with Gasteiger partial charge in [0.25, 0.3) is 5.91 Å². The summed E-state index contributed by atoms with van der Waals surface area (Å²) in [4.78, 5) is 22.7. The molecule has 5 nitrogen and oxygen atoms in total. The van der Waals surface area contributed by atoms with E-state index in [-0.39, 0.29) is 11.2 Å². The molecule has 0 saturated carbocycles. The normalized spacial score (nSPS) is 11.8. The molecule has 1 amide bonds. The first-order valence-corrected chi connectivity index (χ1v) is 10.3. The first-order valence-electron chi connectivity index (χ1n) is 8.18. The van der Waals surface area contributed by atoms with Crippen LogP contribution in [0.2, 0.25) is 0 Å². The molecule has 3 rings (SSSR count). The molecule has 0 radical (unpaired) electrons. The second-order valence-corrected chi connectivity index (χ2v) is 7.65. The fourth-order valence-corrected chi connectivity index (χ4v) is 4.06. The van der Waals surface area contributed by atoms with E-state index in [1.54, 1.807) is 25.0 Å². The summed E-state index contributed by atoms with van der Waals surface area (Å²) in [6.45, 7) is 0.592. The summed E-state index contributed by atoms with van der Waals surface area (Å²) in [5.41, 5.74) is 2.02. The van der Waals surface area contributed by atoms with Crippen molar-refractivity contribution in [2.45, 2.75) is 5.25 Å². The smallest absolute Gasteiger partial charge is 0.261 e. The van der Waals surface area contributed by atoms with Crippen LogP contribution in [0.4, 0.5) is 5.95 Å². The Hall–Kier alpha value is -2.38. The van der Waals surface area contributed by atoms with Crippen LogP contribution in [0.3, 0.4) is 0 Å². The van der Waals surface area contributed by atoms with E-state index in [1.165, 1.54) is 16.9 Å².